The molecule has 3 aromatic carbocycles. The van der Waals surface area contributed by atoms with Crippen LogP contribution in [0.5, 0.6) is 11.5 Å². The maximum atomic E-state index is 13.4. The normalized spacial score (nSPS) is 11.1. The van der Waals surface area contributed by atoms with E-state index in [-0.39, 0.29) is 18.1 Å². The molecule has 0 spiro atoms. The van der Waals surface area contributed by atoms with Crippen LogP contribution in [0.15, 0.2) is 72.4 Å². The van der Waals surface area contributed by atoms with Crippen molar-refractivity contribution in [1.82, 2.24) is 5.32 Å². The van der Waals surface area contributed by atoms with Crippen LogP contribution >= 0.6 is 22.6 Å². The van der Waals surface area contributed by atoms with E-state index in [1.807, 2.05) is 6.92 Å². The molecule has 0 saturated heterocycles. The molecule has 3 rings (SSSR count). The van der Waals surface area contributed by atoms with Crippen LogP contribution in [0.2, 0.25) is 0 Å². The molecule has 2 N–H and O–H groups in total. The maximum absolute atomic E-state index is 13.4. The quantitative estimate of drug-likeness (QED) is 0.275. The highest BCUT2D eigenvalue weighted by Gasteiger charge is 2.16. The molecule has 0 unspecified atom stereocenters. The first kappa shape index (κ1) is 24.2. The number of carbonyl (C=O) groups excluding carboxylic acids is 1. The van der Waals surface area contributed by atoms with E-state index in [1.165, 1.54) is 18.2 Å². The monoisotopic (exact) mass is 561 g/mol. The minimum absolute atomic E-state index is 0.135. The van der Waals surface area contributed by atoms with Gasteiger partial charge in [0.2, 0.25) is 0 Å². The van der Waals surface area contributed by atoms with Crippen molar-refractivity contribution in [3.05, 3.63) is 98.5 Å². The Hall–Kier alpha value is -3.40. The summed E-state index contributed by atoms with van der Waals surface area (Å²) in [6, 6.07) is 17.8. The summed E-state index contributed by atoms with van der Waals surface area (Å²) in [5.74, 6) is -1.29. The van der Waals surface area contributed by atoms with Crippen molar-refractivity contribution in [2.24, 2.45) is 0 Å². The van der Waals surface area contributed by atoms with E-state index in [2.05, 4.69) is 27.9 Å². The molecule has 0 aliphatic heterocycles. The zero-order chi connectivity index (χ0) is 23.8. The first-order valence-electron chi connectivity index (χ1n) is 10.0. The number of aliphatic carboxylic acids is 1. The lowest BCUT2D eigenvalue weighted by molar-refractivity contribution is -0.132. The van der Waals surface area contributed by atoms with Gasteiger partial charge in [0.1, 0.15) is 18.1 Å². The van der Waals surface area contributed by atoms with Gasteiger partial charge in [-0.25, -0.2) is 9.18 Å². The molecule has 8 heteroatoms. The fourth-order valence-electron chi connectivity index (χ4n) is 2.96. The van der Waals surface area contributed by atoms with Gasteiger partial charge in [0.15, 0.2) is 11.5 Å². The molecule has 0 bridgehead atoms. The summed E-state index contributed by atoms with van der Waals surface area (Å²) in [6.45, 7) is 2.31. The maximum Gasteiger partial charge on any atom is 0.352 e. The van der Waals surface area contributed by atoms with Crippen molar-refractivity contribution >= 4 is 40.5 Å². The van der Waals surface area contributed by atoms with Crippen molar-refractivity contribution in [3.8, 4) is 11.5 Å². The van der Waals surface area contributed by atoms with Crippen LogP contribution < -0.4 is 14.8 Å². The van der Waals surface area contributed by atoms with Crippen molar-refractivity contribution in [2.45, 2.75) is 13.5 Å². The highest BCUT2D eigenvalue weighted by Crippen LogP contribution is 2.35. The molecule has 0 radical (unpaired) electrons. The number of rotatable bonds is 9. The van der Waals surface area contributed by atoms with Gasteiger partial charge in [0.05, 0.1) is 10.2 Å². The number of halogens is 2. The van der Waals surface area contributed by atoms with Crippen LogP contribution in [-0.4, -0.2) is 23.6 Å². The zero-order valence-electron chi connectivity index (χ0n) is 17.7. The third kappa shape index (κ3) is 6.79. The predicted octanol–water partition coefficient (Wildman–Crippen LogP) is 5.26. The van der Waals surface area contributed by atoms with Gasteiger partial charge in [0, 0.05) is 5.56 Å². The molecular weight excluding hydrogens is 540 g/mol. The standard InChI is InChI=1S/C25H21FINO5/c1-2-32-22-14-17(12-20(27)23(22)33-15-16-7-6-10-19(26)11-16)13-21(25(30)31)28-24(29)18-8-4-3-5-9-18/h3-14H,2,15H2,1H3,(H,28,29)(H,30,31). The first-order chi connectivity index (χ1) is 15.9. The first-order valence-corrected chi connectivity index (χ1v) is 11.1. The van der Waals surface area contributed by atoms with Gasteiger partial charge >= 0.3 is 5.97 Å². The van der Waals surface area contributed by atoms with Gasteiger partial charge < -0.3 is 19.9 Å². The molecule has 1 amide bonds. The van der Waals surface area contributed by atoms with Crippen molar-refractivity contribution in [3.63, 3.8) is 0 Å². The third-order valence-corrected chi connectivity index (χ3v) is 5.23. The number of carboxylic acid groups (broad SMARTS) is 1. The molecule has 0 aliphatic carbocycles. The fourth-order valence-corrected chi connectivity index (χ4v) is 3.74. The number of amides is 1. The number of ether oxygens (including phenoxy) is 2. The highest BCUT2D eigenvalue weighted by molar-refractivity contribution is 14.1. The number of carbonyl (C=O) groups is 2. The molecule has 0 heterocycles. The zero-order valence-corrected chi connectivity index (χ0v) is 19.8. The third-order valence-electron chi connectivity index (χ3n) is 4.43. The van der Waals surface area contributed by atoms with E-state index in [1.54, 1.807) is 54.6 Å². The molecule has 3 aromatic rings. The second kappa shape index (κ2) is 11.5. The minimum Gasteiger partial charge on any atom is -0.490 e. The lowest BCUT2D eigenvalue weighted by Crippen LogP contribution is -2.27. The van der Waals surface area contributed by atoms with Gasteiger partial charge in [-0.15, -0.1) is 0 Å². The van der Waals surface area contributed by atoms with Crippen LogP contribution in [0.1, 0.15) is 28.4 Å². The second-order valence-electron chi connectivity index (χ2n) is 6.86. The van der Waals surface area contributed by atoms with E-state index >= 15 is 0 Å². The Kier molecular flexibility index (Phi) is 8.42. The molecule has 170 valence electrons. The Labute approximate surface area is 204 Å². The van der Waals surface area contributed by atoms with E-state index in [0.29, 0.717) is 38.4 Å². The molecule has 33 heavy (non-hydrogen) atoms. The molecule has 0 saturated carbocycles. The molecule has 0 aromatic heterocycles. The van der Waals surface area contributed by atoms with E-state index < -0.39 is 11.9 Å². The van der Waals surface area contributed by atoms with Crippen molar-refractivity contribution in [2.75, 3.05) is 6.61 Å². The Morgan fingerprint density at radius 3 is 2.48 bits per heavy atom. The SMILES string of the molecule is CCOc1cc(C=C(NC(=O)c2ccccc2)C(=O)O)cc(I)c1OCc1cccc(F)c1. The number of hydrogen-bond acceptors (Lipinski definition) is 4. The molecule has 0 fully saturated rings. The Bertz CT molecular complexity index is 1180. The summed E-state index contributed by atoms with van der Waals surface area (Å²) in [6.07, 6.45) is 1.35. The van der Waals surface area contributed by atoms with Crippen LogP contribution in [0, 0.1) is 9.39 Å². The lowest BCUT2D eigenvalue weighted by atomic mass is 10.1. The summed E-state index contributed by atoms with van der Waals surface area (Å²) >= 11 is 2.06. The van der Waals surface area contributed by atoms with E-state index in [9.17, 15) is 19.1 Å². The second-order valence-corrected chi connectivity index (χ2v) is 8.03. The lowest BCUT2D eigenvalue weighted by Gasteiger charge is -2.15. The largest absolute Gasteiger partial charge is 0.490 e. The summed E-state index contributed by atoms with van der Waals surface area (Å²) < 4.78 is 25.7. The number of benzene rings is 3. The number of carboxylic acids is 1. The van der Waals surface area contributed by atoms with Gasteiger partial charge in [-0.05, 0) is 83.1 Å². The van der Waals surface area contributed by atoms with Gasteiger partial charge in [-0.2, -0.15) is 0 Å². The van der Waals surface area contributed by atoms with Crippen LogP contribution in [0.3, 0.4) is 0 Å². The molecular formula is C25H21FINO5. The number of hydrogen-bond donors (Lipinski definition) is 2. The summed E-state index contributed by atoms with van der Waals surface area (Å²) in [4.78, 5) is 24.1. The number of nitrogens with one attached hydrogen (secondary N) is 1. The Morgan fingerprint density at radius 1 is 1.06 bits per heavy atom. The fraction of sp³-hybridized carbons (Fsp3) is 0.120. The van der Waals surface area contributed by atoms with Crippen LogP contribution in [0.4, 0.5) is 4.39 Å². The van der Waals surface area contributed by atoms with Gasteiger partial charge in [-0.3, -0.25) is 4.79 Å². The molecule has 0 aliphatic rings. The van der Waals surface area contributed by atoms with Crippen molar-refractivity contribution < 1.29 is 28.6 Å². The highest BCUT2D eigenvalue weighted by atomic mass is 127. The average molecular weight is 561 g/mol. The van der Waals surface area contributed by atoms with Gasteiger partial charge in [0.25, 0.3) is 5.91 Å². The van der Waals surface area contributed by atoms with Gasteiger partial charge in [-0.1, -0.05) is 30.3 Å². The predicted molar refractivity (Wildman–Crippen MR) is 131 cm³/mol. The smallest absolute Gasteiger partial charge is 0.352 e. The average Bonchev–Trinajstić information content (AvgIpc) is 2.79. The Balaban J connectivity index is 1.87. The van der Waals surface area contributed by atoms with E-state index in [0.717, 1.165) is 0 Å². The summed E-state index contributed by atoms with van der Waals surface area (Å²) in [5.41, 5.74) is 1.23. The summed E-state index contributed by atoms with van der Waals surface area (Å²) in [5, 5.41) is 12.0. The topological polar surface area (TPSA) is 84.9 Å². The van der Waals surface area contributed by atoms with Crippen LogP contribution in [0.25, 0.3) is 6.08 Å². The van der Waals surface area contributed by atoms with E-state index in [4.69, 9.17) is 9.47 Å². The molecule has 6 nitrogen and oxygen atoms in total. The Morgan fingerprint density at radius 2 is 1.82 bits per heavy atom. The molecule has 0 atom stereocenters. The van der Waals surface area contributed by atoms with Crippen molar-refractivity contribution in [1.29, 1.82) is 0 Å². The summed E-state index contributed by atoms with van der Waals surface area (Å²) in [7, 11) is 0. The minimum atomic E-state index is -1.28. The van der Waals surface area contributed by atoms with Crippen LogP contribution in [-0.2, 0) is 11.4 Å².